The van der Waals surface area contributed by atoms with Gasteiger partial charge >= 0.3 is 40.5 Å². The van der Waals surface area contributed by atoms with Gasteiger partial charge in [0.25, 0.3) is 0 Å². The van der Waals surface area contributed by atoms with Crippen LogP contribution >= 0.6 is 27.2 Å². The maximum atomic E-state index is 3.25. The van der Waals surface area contributed by atoms with E-state index in [1.54, 1.807) is 0 Å². The Kier molecular flexibility index (Phi) is 17.5. The number of hydrogen-bond donors (Lipinski definition) is 0. The molecule has 0 amide bonds. The third-order valence-electron chi connectivity index (χ3n) is 0.707. The van der Waals surface area contributed by atoms with Crippen molar-refractivity contribution in [2.24, 2.45) is 0 Å². The Bertz CT molecular complexity index is 31.6. The van der Waals surface area contributed by atoms with Crippen LogP contribution in [0.4, 0.5) is 0 Å². The third kappa shape index (κ3) is 25.6. The first-order chi connectivity index (χ1) is 3.68. The van der Waals surface area contributed by atoms with Crippen LogP contribution in [0.25, 0.3) is 0 Å². The summed E-state index contributed by atoms with van der Waals surface area (Å²) in [6, 6.07) is 0. The van der Waals surface area contributed by atoms with Crippen LogP contribution < -0.4 is 0 Å². The van der Waals surface area contributed by atoms with E-state index in [0.29, 0.717) is 0 Å². The summed E-state index contributed by atoms with van der Waals surface area (Å²) in [5.74, 6) is 1.50. The molecule has 47 valence electrons. The minimum absolute atomic E-state index is 0.250. The Balaban J connectivity index is 0. The first-order valence-corrected chi connectivity index (χ1v) is 16.5. The molecule has 0 unspecified atom stereocenters. The van der Waals surface area contributed by atoms with Crippen molar-refractivity contribution in [3.63, 3.8) is 0 Å². The summed E-state index contributed by atoms with van der Waals surface area (Å²) in [5.41, 5.74) is 0. The zero-order chi connectivity index (χ0) is 6.99. The zero-order valence-electron chi connectivity index (χ0n) is 5.67. The van der Waals surface area contributed by atoms with Crippen LogP contribution in [0, 0.1) is 5.92 Å². The van der Waals surface area contributed by atoms with E-state index in [9.17, 15) is 0 Å². The fourth-order valence-corrected chi connectivity index (χ4v) is 0. The number of rotatable bonds is 1. The predicted octanol–water partition coefficient (Wildman–Crippen LogP) is 3.70. The minimum atomic E-state index is -0.250. The van der Waals surface area contributed by atoms with Gasteiger partial charge in [0.15, 0.2) is 0 Å². The molecule has 0 saturated carbocycles. The van der Waals surface area contributed by atoms with E-state index in [0.717, 1.165) is 0 Å². The van der Waals surface area contributed by atoms with Crippen LogP contribution in [0.1, 0.15) is 27.2 Å². The van der Waals surface area contributed by atoms with E-state index >= 15 is 0 Å². The van der Waals surface area contributed by atoms with Crippen molar-refractivity contribution in [3.05, 3.63) is 5.92 Å². The second-order valence-corrected chi connectivity index (χ2v) is 15.7. The molecule has 0 aliphatic heterocycles. The Hall–Kier alpha value is 1.58. The molecule has 0 aliphatic rings. The Morgan fingerprint density at radius 2 is 1.50 bits per heavy atom. The van der Waals surface area contributed by atoms with Crippen molar-refractivity contribution in [1.82, 2.24) is 0 Å². The molecule has 0 aromatic heterocycles. The van der Waals surface area contributed by atoms with E-state index in [2.05, 4.69) is 48.0 Å². The fourth-order valence-electron chi connectivity index (χ4n) is 0. The average Bonchev–Trinajstić information content (AvgIpc) is 1.69. The molecule has 0 fully saturated rings. The molecule has 0 rings (SSSR count). The van der Waals surface area contributed by atoms with E-state index < -0.39 is 0 Å². The van der Waals surface area contributed by atoms with E-state index in [4.69, 9.17) is 0 Å². The van der Waals surface area contributed by atoms with Gasteiger partial charge in [-0.2, -0.15) is 0 Å². The average molecular weight is 296 g/mol. The van der Waals surface area contributed by atoms with Crippen molar-refractivity contribution in [3.8, 4) is 0 Å². The normalized spacial score (nSPS) is 7.25. The monoisotopic (exact) mass is 293 g/mol. The molecule has 0 spiro atoms. The van der Waals surface area contributed by atoms with Gasteiger partial charge in [-0.25, -0.2) is 0 Å². The molecule has 1 radical (unpaired) electrons. The SMILES string of the molecule is CC[C](C)C.[Br][Zn][Br]. The Morgan fingerprint density at radius 1 is 1.38 bits per heavy atom. The molecule has 0 saturated heterocycles. The fraction of sp³-hybridized carbons (Fsp3) is 0.800. The van der Waals surface area contributed by atoms with E-state index in [-0.39, 0.29) is 13.2 Å². The molecule has 0 aromatic rings. The zero-order valence-corrected chi connectivity index (χ0v) is 11.8. The van der Waals surface area contributed by atoms with Gasteiger partial charge in [0.2, 0.25) is 0 Å². The molecular weight excluding hydrogens is 285 g/mol. The molecule has 0 bridgehead atoms. The van der Waals surface area contributed by atoms with Gasteiger partial charge < -0.3 is 0 Å². The van der Waals surface area contributed by atoms with Crippen LogP contribution in [0.15, 0.2) is 0 Å². The summed E-state index contributed by atoms with van der Waals surface area (Å²) in [6.45, 7) is 6.44. The first kappa shape index (κ1) is 12.3. The van der Waals surface area contributed by atoms with Gasteiger partial charge in [-0.3, -0.25) is 0 Å². The Labute approximate surface area is 73.1 Å². The number of hydrogen-bond acceptors (Lipinski definition) is 0. The topological polar surface area (TPSA) is 0 Å². The summed E-state index contributed by atoms with van der Waals surface area (Å²) in [6.07, 6.45) is 1.22. The maximum absolute atomic E-state index is 3.25. The molecule has 0 atom stereocenters. The summed E-state index contributed by atoms with van der Waals surface area (Å²) in [4.78, 5) is 0. The standard InChI is InChI=1S/C5H11.2BrH.Zn/c1-4-5(2)3;;;/h4H2,1-3H3;2*1H;/q;;;+2/p-2. The molecule has 0 aliphatic carbocycles. The van der Waals surface area contributed by atoms with Gasteiger partial charge in [-0.15, -0.1) is 0 Å². The molecule has 0 N–H and O–H groups in total. The third-order valence-corrected chi connectivity index (χ3v) is 0.707. The van der Waals surface area contributed by atoms with Gasteiger partial charge in [-0.05, 0) is 5.92 Å². The summed E-state index contributed by atoms with van der Waals surface area (Å²) >= 11 is 6.25. The van der Waals surface area contributed by atoms with Gasteiger partial charge in [0.05, 0.1) is 0 Å². The van der Waals surface area contributed by atoms with E-state index in [1.807, 2.05) is 0 Å². The van der Waals surface area contributed by atoms with Crippen molar-refractivity contribution in [2.45, 2.75) is 27.2 Å². The summed E-state index contributed by atoms with van der Waals surface area (Å²) in [7, 11) is 0. The van der Waals surface area contributed by atoms with Gasteiger partial charge in [-0.1, -0.05) is 27.2 Å². The second-order valence-electron chi connectivity index (χ2n) is 1.66. The second kappa shape index (κ2) is 11.4. The van der Waals surface area contributed by atoms with Crippen molar-refractivity contribution in [1.29, 1.82) is 0 Å². The quantitative estimate of drug-likeness (QED) is 0.647. The van der Waals surface area contributed by atoms with Crippen LogP contribution in [0.3, 0.4) is 0 Å². The van der Waals surface area contributed by atoms with E-state index in [1.165, 1.54) is 12.3 Å². The van der Waals surface area contributed by atoms with Crippen LogP contribution in [0.5, 0.6) is 0 Å². The summed E-state index contributed by atoms with van der Waals surface area (Å²) in [5, 5.41) is 0. The summed E-state index contributed by atoms with van der Waals surface area (Å²) < 4.78 is 0. The van der Waals surface area contributed by atoms with Crippen molar-refractivity contribution >= 4 is 27.2 Å². The first-order valence-electron chi connectivity index (χ1n) is 2.60. The molecular formula is C5H11Br2Zn. The predicted molar refractivity (Wildman–Crippen MR) is 42.7 cm³/mol. The van der Waals surface area contributed by atoms with Crippen molar-refractivity contribution in [2.75, 3.05) is 0 Å². The van der Waals surface area contributed by atoms with Gasteiger partial charge in [0, 0.05) is 0 Å². The molecule has 8 heavy (non-hydrogen) atoms. The van der Waals surface area contributed by atoms with Crippen LogP contribution in [0.2, 0.25) is 0 Å². The number of halogens is 2. The van der Waals surface area contributed by atoms with Crippen molar-refractivity contribution < 1.29 is 13.2 Å². The van der Waals surface area contributed by atoms with Gasteiger partial charge in [0.1, 0.15) is 0 Å². The molecule has 0 heterocycles. The Morgan fingerprint density at radius 3 is 1.50 bits per heavy atom. The van der Waals surface area contributed by atoms with Crippen LogP contribution in [-0.4, -0.2) is 0 Å². The van der Waals surface area contributed by atoms with Crippen LogP contribution in [-0.2, 0) is 13.2 Å². The molecule has 3 heteroatoms. The molecule has 0 nitrogen and oxygen atoms in total. The molecule has 0 aromatic carbocycles.